The summed E-state index contributed by atoms with van der Waals surface area (Å²) in [6, 6.07) is 0. The van der Waals surface area contributed by atoms with E-state index in [9.17, 15) is 15.3 Å². The van der Waals surface area contributed by atoms with Crippen LogP contribution in [0.5, 0.6) is 0 Å². The third kappa shape index (κ3) is 39.4. The molecule has 3 atom stereocenters. The number of hydrogen-bond donors (Lipinski definition) is 3. The third-order valence-corrected chi connectivity index (χ3v) is 8.41. The first-order valence-electron chi connectivity index (χ1n) is 19.7. The van der Waals surface area contributed by atoms with Crippen molar-refractivity contribution in [2.45, 2.75) is 192 Å². The van der Waals surface area contributed by atoms with Gasteiger partial charge in [-0.25, -0.2) is 0 Å². The van der Waals surface area contributed by atoms with E-state index in [1.54, 1.807) is 6.08 Å². The first kappa shape index (κ1) is 46.1. The zero-order chi connectivity index (χ0) is 35.7. The molecule has 0 bridgehead atoms. The Bertz CT molecular complexity index is 1060. The summed E-state index contributed by atoms with van der Waals surface area (Å²) < 4.78 is 0. The molecule has 0 aromatic carbocycles. The number of terminal acetylenes is 2. The van der Waals surface area contributed by atoms with Crippen molar-refractivity contribution in [2.24, 2.45) is 0 Å². The molecule has 0 amide bonds. The molecule has 3 nitrogen and oxygen atoms in total. The van der Waals surface area contributed by atoms with Crippen molar-refractivity contribution in [3.8, 4) is 48.4 Å². The lowest BCUT2D eigenvalue weighted by Crippen LogP contribution is -2.01. The summed E-state index contributed by atoms with van der Waals surface area (Å²) in [6.45, 7) is 0. The molecule has 0 saturated heterocycles. The van der Waals surface area contributed by atoms with E-state index in [-0.39, 0.29) is 6.10 Å². The highest BCUT2D eigenvalue weighted by Gasteiger charge is 1.98. The van der Waals surface area contributed by atoms with Crippen molar-refractivity contribution < 1.29 is 15.3 Å². The van der Waals surface area contributed by atoms with Crippen LogP contribution in [0.3, 0.4) is 0 Å². The standard InChI is InChI=1S/C46H70O3/c1-3-5-6-7-8-9-10-11-12-13-14-15-16-17-18-19-20-21-22-26-30-35-40-45(48)42-37-32-28-33-38-43-46(49)41-36-31-27-24-23-25-29-34-39-44(47)4-2/h1-2,5-6,21-22,34,37,39,42,44-49H,7-20,23-33,35,40H2/b6-5-,22-21-,39-34+,42-37+/t44-,45?,46-/m0/s1. The average molecular weight is 671 g/mol. The zero-order valence-corrected chi connectivity index (χ0v) is 30.9. The molecule has 0 aliphatic rings. The quantitative estimate of drug-likeness (QED) is 0.0391. The molecular weight excluding hydrogens is 601 g/mol. The predicted octanol–water partition coefficient (Wildman–Crippen LogP) is 11.1. The van der Waals surface area contributed by atoms with Gasteiger partial charge in [0.1, 0.15) is 6.10 Å². The highest BCUT2D eigenvalue weighted by molar-refractivity contribution is 5.19. The Morgan fingerprint density at radius 2 is 0.878 bits per heavy atom. The lowest BCUT2D eigenvalue weighted by Gasteiger charge is -2.04. The van der Waals surface area contributed by atoms with Crippen LogP contribution in [0, 0.1) is 48.4 Å². The maximum Gasteiger partial charge on any atom is 0.176 e. The Morgan fingerprint density at radius 1 is 0.449 bits per heavy atom. The Balaban J connectivity index is 3.52. The number of allylic oxidation sites excluding steroid dienone is 6. The zero-order valence-electron chi connectivity index (χ0n) is 30.9. The molecule has 49 heavy (non-hydrogen) atoms. The molecule has 0 saturated carbocycles. The van der Waals surface area contributed by atoms with Gasteiger partial charge in [-0.2, -0.15) is 0 Å². The van der Waals surface area contributed by atoms with E-state index in [2.05, 4.69) is 53.8 Å². The molecule has 0 aromatic heterocycles. The Labute approximate surface area is 303 Å². The first-order valence-corrected chi connectivity index (χ1v) is 19.7. The Kier molecular flexibility index (Phi) is 37.2. The van der Waals surface area contributed by atoms with E-state index in [1.807, 2.05) is 24.3 Å². The minimum Gasteiger partial charge on any atom is -0.389 e. The molecule has 0 aromatic rings. The monoisotopic (exact) mass is 671 g/mol. The summed E-state index contributed by atoms with van der Waals surface area (Å²) in [5, 5.41) is 29.3. The number of unbranched alkanes of at least 4 members (excludes halogenated alkanes) is 22. The highest BCUT2D eigenvalue weighted by atomic mass is 16.3. The van der Waals surface area contributed by atoms with Crippen molar-refractivity contribution in [1.29, 1.82) is 0 Å². The van der Waals surface area contributed by atoms with E-state index >= 15 is 0 Å². The molecule has 1 unspecified atom stereocenters. The molecule has 272 valence electrons. The molecule has 0 fully saturated rings. The molecule has 0 aliphatic carbocycles. The lowest BCUT2D eigenvalue weighted by molar-refractivity contribution is 0.208. The summed E-state index contributed by atoms with van der Waals surface area (Å²) in [5.74, 6) is 16.5. The van der Waals surface area contributed by atoms with Gasteiger partial charge in [-0.15, -0.1) is 12.8 Å². The second-order valence-electron chi connectivity index (χ2n) is 13.1. The van der Waals surface area contributed by atoms with Gasteiger partial charge < -0.3 is 15.3 Å². The van der Waals surface area contributed by atoms with Gasteiger partial charge in [0.15, 0.2) is 6.10 Å². The maximum absolute atomic E-state index is 10.2. The molecule has 3 heteroatoms. The van der Waals surface area contributed by atoms with E-state index in [0.29, 0.717) is 6.42 Å². The van der Waals surface area contributed by atoms with Crippen LogP contribution in [0.15, 0.2) is 48.6 Å². The summed E-state index contributed by atoms with van der Waals surface area (Å²) in [5.41, 5.74) is 0. The molecule has 0 rings (SSSR count). The maximum atomic E-state index is 10.2. The topological polar surface area (TPSA) is 60.7 Å². The van der Waals surface area contributed by atoms with E-state index in [0.717, 1.165) is 83.5 Å². The molecule has 3 N–H and O–H groups in total. The minimum atomic E-state index is -0.880. The largest absolute Gasteiger partial charge is 0.389 e. The van der Waals surface area contributed by atoms with Crippen LogP contribution >= 0.6 is 0 Å². The molecule has 0 radical (unpaired) electrons. The van der Waals surface area contributed by atoms with Gasteiger partial charge in [0, 0.05) is 12.8 Å². The van der Waals surface area contributed by atoms with Crippen LogP contribution in [-0.2, 0) is 0 Å². The van der Waals surface area contributed by atoms with Crippen LogP contribution in [0.1, 0.15) is 173 Å². The highest BCUT2D eigenvalue weighted by Crippen LogP contribution is 2.14. The van der Waals surface area contributed by atoms with Crippen LogP contribution in [0.25, 0.3) is 0 Å². The Morgan fingerprint density at radius 3 is 1.43 bits per heavy atom. The fourth-order valence-corrected chi connectivity index (χ4v) is 5.44. The van der Waals surface area contributed by atoms with Crippen molar-refractivity contribution in [1.82, 2.24) is 0 Å². The van der Waals surface area contributed by atoms with E-state index in [4.69, 9.17) is 12.8 Å². The van der Waals surface area contributed by atoms with E-state index < -0.39 is 12.2 Å². The molecule has 0 aliphatic heterocycles. The van der Waals surface area contributed by atoms with Gasteiger partial charge >= 0.3 is 0 Å². The van der Waals surface area contributed by atoms with Crippen LogP contribution in [0.4, 0.5) is 0 Å². The fraction of sp³-hybridized carbons (Fsp3) is 0.652. The number of rotatable bonds is 31. The minimum absolute atomic E-state index is 0.366. The lowest BCUT2D eigenvalue weighted by atomic mass is 10.0. The molecular formula is C46H70O3. The Hall–Kier alpha value is -2.92. The van der Waals surface area contributed by atoms with Crippen molar-refractivity contribution in [2.75, 3.05) is 0 Å². The van der Waals surface area contributed by atoms with Crippen molar-refractivity contribution in [3.05, 3.63) is 48.6 Å². The van der Waals surface area contributed by atoms with Gasteiger partial charge in [0.2, 0.25) is 0 Å². The predicted molar refractivity (Wildman–Crippen MR) is 212 cm³/mol. The number of hydrogen-bond acceptors (Lipinski definition) is 3. The average Bonchev–Trinajstić information content (AvgIpc) is 3.10. The van der Waals surface area contributed by atoms with Crippen LogP contribution in [-0.4, -0.2) is 33.6 Å². The van der Waals surface area contributed by atoms with Gasteiger partial charge in [-0.05, 0) is 89.2 Å². The molecule has 0 heterocycles. The van der Waals surface area contributed by atoms with E-state index in [1.165, 1.54) is 83.5 Å². The summed E-state index contributed by atoms with van der Waals surface area (Å²) in [6.07, 6.45) is 55.7. The number of aliphatic hydroxyl groups is 3. The third-order valence-electron chi connectivity index (χ3n) is 8.41. The normalized spacial score (nSPS) is 13.2. The van der Waals surface area contributed by atoms with Gasteiger partial charge in [-0.3, -0.25) is 0 Å². The van der Waals surface area contributed by atoms with Crippen LogP contribution in [0.2, 0.25) is 0 Å². The summed E-state index contributed by atoms with van der Waals surface area (Å²) >= 11 is 0. The summed E-state index contributed by atoms with van der Waals surface area (Å²) in [4.78, 5) is 0. The first-order chi connectivity index (χ1) is 24.1. The van der Waals surface area contributed by atoms with Gasteiger partial charge in [0.25, 0.3) is 0 Å². The second kappa shape index (κ2) is 39.5. The smallest absolute Gasteiger partial charge is 0.176 e. The fourth-order valence-electron chi connectivity index (χ4n) is 5.44. The number of aliphatic hydroxyl groups excluding tert-OH is 3. The van der Waals surface area contributed by atoms with Crippen molar-refractivity contribution >= 4 is 0 Å². The summed E-state index contributed by atoms with van der Waals surface area (Å²) in [7, 11) is 0. The van der Waals surface area contributed by atoms with Gasteiger partial charge in [0.05, 0.1) is 6.10 Å². The molecule has 0 spiro atoms. The SMILES string of the molecule is C#C/C=C\CCCCCCCCCCCCCC/C=C\CCCCC(O)/C=C/CCCC#C[C@@H](O)C#CCCCCCC/C=C/[C@@H](O)C#C. The van der Waals surface area contributed by atoms with Gasteiger partial charge in [-0.1, -0.05) is 155 Å². The van der Waals surface area contributed by atoms with Crippen molar-refractivity contribution in [3.63, 3.8) is 0 Å². The second-order valence-corrected chi connectivity index (χ2v) is 13.1. The van der Waals surface area contributed by atoms with Crippen LogP contribution < -0.4 is 0 Å².